The molecule has 1 aliphatic heterocycles. The summed E-state index contributed by atoms with van der Waals surface area (Å²) in [6.07, 6.45) is 5.68. The van der Waals surface area contributed by atoms with Gasteiger partial charge in [0.15, 0.2) is 10.9 Å². The molecule has 1 saturated heterocycles. The highest BCUT2D eigenvalue weighted by Crippen LogP contribution is 2.39. The van der Waals surface area contributed by atoms with E-state index in [2.05, 4.69) is 6.92 Å². The monoisotopic (exact) mass is 214 g/mol. The van der Waals surface area contributed by atoms with Crippen molar-refractivity contribution in [2.24, 2.45) is 0 Å². The number of ketones is 1. The Bertz CT molecular complexity index is 237. The molecule has 0 saturated carbocycles. The molecule has 0 aromatic carbocycles. The van der Waals surface area contributed by atoms with Crippen molar-refractivity contribution >= 4 is 22.7 Å². The van der Waals surface area contributed by atoms with Crippen LogP contribution in [0.3, 0.4) is 0 Å². The van der Waals surface area contributed by atoms with E-state index < -0.39 is 4.75 Å². The van der Waals surface area contributed by atoms with Crippen LogP contribution in [0.5, 0.6) is 0 Å². The number of Topliss-reactive ketones (excluding diaryl/α,β-unsaturated/α-hetero) is 1. The van der Waals surface area contributed by atoms with E-state index >= 15 is 0 Å². The Hall–Kier alpha value is -0.310. The molecule has 0 N–H and O–H groups in total. The lowest BCUT2D eigenvalue weighted by Crippen LogP contribution is -2.26. The number of carbonyl (C=O) groups is 2. The van der Waals surface area contributed by atoms with Gasteiger partial charge >= 0.3 is 0 Å². The molecule has 1 aliphatic rings. The van der Waals surface area contributed by atoms with Crippen LogP contribution < -0.4 is 0 Å². The van der Waals surface area contributed by atoms with E-state index in [9.17, 15) is 9.59 Å². The van der Waals surface area contributed by atoms with Gasteiger partial charge in [-0.3, -0.25) is 9.59 Å². The maximum Gasteiger partial charge on any atom is 0.197 e. The van der Waals surface area contributed by atoms with Crippen LogP contribution in [0.2, 0.25) is 0 Å². The molecule has 14 heavy (non-hydrogen) atoms. The second-order valence-electron chi connectivity index (χ2n) is 4.12. The van der Waals surface area contributed by atoms with Crippen LogP contribution in [0.4, 0.5) is 0 Å². The van der Waals surface area contributed by atoms with Gasteiger partial charge in [0.2, 0.25) is 0 Å². The maximum absolute atomic E-state index is 11.5. The molecule has 0 aromatic heterocycles. The minimum absolute atomic E-state index is 0.0491. The lowest BCUT2D eigenvalue weighted by atomic mass is 9.96. The summed E-state index contributed by atoms with van der Waals surface area (Å²) in [5.41, 5.74) is 0. The fraction of sp³-hybridized carbons (Fsp3) is 0.818. The summed E-state index contributed by atoms with van der Waals surface area (Å²) in [6.45, 7) is 4.08. The molecule has 1 atom stereocenters. The van der Waals surface area contributed by atoms with Crippen molar-refractivity contribution in [1.82, 2.24) is 0 Å². The molecule has 1 fully saturated rings. The van der Waals surface area contributed by atoms with E-state index in [0.717, 1.165) is 12.8 Å². The van der Waals surface area contributed by atoms with Crippen molar-refractivity contribution in [3.8, 4) is 0 Å². The third-order valence-corrected chi connectivity index (χ3v) is 4.00. The van der Waals surface area contributed by atoms with Gasteiger partial charge in [-0.25, -0.2) is 0 Å². The van der Waals surface area contributed by atoms with Crippen molar-refractivity contribution < 1.29 is 9.59 Å². The summed E-state index contributed by atoms with van der Waals surface area (Å²) in [6, 6.07) is 0. The lowest BCUT2D eigenvalue weighted by molar-refractivity contribution is -0.123. The minimum atomic E-state index is -0.398. The van der Waals surface area contributed by atoms with Crippen molar-refractivity contribution in [2.45, 2.75) is 57.1 Å². The number of hydrogen-bond acceptors (Lipinski definition) is 3. The van der Waals surface area contributed by atoms with Gasteiger partial charge < -0.3 is 0 Å². The van der Waals surface area contributed by atoms with E-state index in [1.54, 1.807) is 0 Å². The fourth-order valence-corrected chi connectivity index (χ4v) is 2.88. The second kappa shape index (κ2) is 4.96. The van der Waals surface area contributed by atoms with Crippen molar-refractivity contribution in [3.05, 3.63) is 0 Å². The highest BCUT2D eigenvalue weighted by molar-refractivity contribution is 8.16. The standard InChI is InChI=1S/C11H18O2S/c1-3-4-5-6-7-11(2)9(12)8-10(13)14-11/h3-8H2,1-2H3/t11-/m1/s1. The van der Waals surface area contributed by atoms with Gasteiger partial charge in [0.05, 0.1) is 11.2 Å². The van der Waals surface area contributed by atoms with Gasteiger partial charge in [-0.05, 0) is 13.3 Å². The zero-order valence-electron chi connectivity index (χ0n) is 8.97. The normalized spacial score (nSPS) is 27.3. The molecule has 1 rings (SSSR count). The molecular formula is C11H18O2S. The van der Waals surface area contributed by atoms with Gasteiger partial charge in [-0.2, -0.15) is 0 Å². The third kappa shape index (κ3) is 2.84. The number of unbranched alkanes of at least 4 members (excludes halogenated alkanes) is 3. The van der Waals surface area contributed by atoms with Crippen LogP contribution in [0.25, 0.3) is 0 Å². The predicted molar refractivity (Wildman–Crippen MR) is 59.4 cm³/mol. The first-order valence-corrected chi connectivity index (χ1v) is 6.15. The number of thioether (sulfide) groups is 1. The SMILES string of the molecule is CCCCCC[C@@]1(C)SC(=O)CC1=O. The Morgan fingerprint density at radius 1 is 1.29 bits per heavy atom. The van der Waals surface area contributed by atoms with Crippen LogP contribution in [-0.4, -0.2) is 15.6 Å². The molecule has 0 amide bonds. The third-order valence-electron chi connectivity index (χ3n) is 2.74. The summed E-state index contributed by atoms with van der Waals surface area (Å²) in [5, 5.41) is 0.0491. The largest absolute Gasteiger partial charge is 0.298 e. The summed E-state index contributed by atoms with van der Waals surface area (Å²) in [4.78, 5) is 22.6. The fourth-order valence-electron chi connectivity index (χ4n) is 1.74. The number of carbonyl (C=O) groups excluding carboxylic acids is 2. The maximum atomic E-state index is 11.5. The Balaban J connectivity index is 2.35. The van der Waals surface area contributed by atoms with E-state index in [4.69, 9.17) is 0 Å². The average molecular weight is 214 g/mol. The van der Waals surface area contributed by atoms with E-state index in [0.29, 0.717) is 0 Å². The molecule has 2 nitrogen and oxygen atoms in total. The van der Waals surface area contributed by atoms with E-state index in [1.165, 1.54) is 31.0 Å². The Labute approximate surface area is 89.8 Å². The van der Waals surface area contributed by atoms with Gasteiger partial charge in [0, 0.05) is 0 Å². The molecule has 0 unspecified atom stereocenters. The Morgan fingerprint density at radius 2 is 2.00 bits per heavy atom. The highest BCUT2D eigenvalue weighted by Gasteiger charge is 2.42. The summed E-state index contributed by atoms with van der Waals surface area (Å²) in [7, 11) is 0. The molecule has 0 bridgehead atoms. The average Bonchev–Trinajstić information content (AvgIpc) is 2.36. The van der Waals surface area contributed by atoms with Crippen LogP contribution in [-0.2, 0) is 9.59 Å². The van der Waals surface area contributed by atoms with E-state index in [1.807, 2.05) is 6.92 Å². The molecule has 0 radical (unpaired) electrons. The molecule has 3 heteroatoms. The molecule has 1 heterocycles. The first-order chi connectivity index (χ1) is 6.58. The first-order valence-electron chi connectivity index (χ1n) is 5.33. The Kier molecular flexibility index (Phi) is 4.17. The molecule has 80 valence electrons. The zero-order valence-corrected chi connectivity index (χ0v) is 9.78. The van der Waals surface area contributed by atoms with Crippen molar-refractivity contribution in [1.29, 1.82) is 0 Å². The number of rotatable bonds is 5. The molecule has 0 aromatic rings. The zero-order chi connectivity index (χ0) is 10.6. The Morgan fingerprint density at radius 3 is 2.50 bits per heavy atom. The predicted octanol–water partition coefficient (Wildman–Crippen LogP) is 2.95. The summed E-state index contributed by atoms with van der Waals surface area (Å²) >= 11 is 1.25. The van der Waals surface area contributed by atoms with Crippen LogP contribution >= 0.6 is 11.8 Å². The smallest absolute Gasteiger partial charge is 0.197 e. The molecule has 0 aliphatic carbocycles. The highest BCUT2D eigenvalue weighted by atomic mass is 32.2. The lowest BCUT2D eigenvalue weighted by Gasteiger charge is -2.19. The summed E-state index contributed by atoms with van der Waals surface area (Å²) in [5.74, 6) is 0.129. The van der Waals surface area contributed by atoms with Gasteiger partial charge in [0.1, 0.15) is 0 Å². The topological polar surface area (TPSA) is 34.1 Å². The van der Waals surface area contributed by atoms with Crippen LogP contribution in [0.1, 0.15) is 52.4 Å². The van der Waals surface area contributed by atoms with Gasteiger partial charge in [-0.15, -0.1) is 0 Å². The van der Waals surface area contributed by atoms with Crippen LogP contribution in [0, 0.1) is 0 Å². The van der Waals surface area contributed by atoms with Gasteiger partial charge in [-0.1, -0.05) is 44.4 Å². The van der Waals surface area contributed by atoms with Crippen molar-refractivity contribution in [3.63, 3.8) is 0 Å². The minimum Gasteiger partial charge on any atom is -0.298 e. The van der Waals surface area contributed by atoms with Gasteiger partial charge in [0.25, 0.3) is 0 Å². The summed E-state index contributed by atoms with van der Waals surface area (Å²) < 4.78 is -0.398. The van der Waals surface area contributed by atoms with Crippen LogP contribution in [0.15, 0.2) is 0 Å². The van der Waals surface area contributed by atoms with Crippen molar-refractivity contribution in [2.75, 3.05) is 0 Å². The second-order valence-corrected chi connectivity index (χ2v) is 5.68. The number of hydrogen-bond donors (Lipinski definition) is 0. The van der Waals surface area contributed by atoms with E-state index in [-0.39, 0.29) is 17.3 Å². The molecular weight excluding hydrogens is 196 g/mol. The first kappa shape index (κ1) is 11.8. The quantitative estimate of drug-likeness (QED) is 0.521. The molecule has 0 spiro atoms.